The van der Waals surface area contributed by atoms with Crippen molar-refractivity contribution in [1.29, 1.82) is 0 Å². The van der Waals surface area contributed by atoms with Gasteiger partial charge in [0.15, 0.2) is 0 Å². The Hall–Kier alpha value is -0.492. The van der Waals surface area contributed by atoms with E-state index in [0.29, 0.717) is 0 Å². The summed E-state index contributed by atoms with van der Waals surface area (Å²) in [6.07, 6.45) is 6.91. The summed E-state index contributed by atoms with van der Waals surface area (Å²) in [6, 6.07) is 0. The summed E-state index contributed by atoms with van der Waals surface area (Å²) >= 11 is 1.33. The zero-order chi connectivity index (χ0) is 9.40. The van der Waals surface area contributed by atoms with Gasteiger partial charge in [-0.1, -0.05) is 0 Å². The predicted molar refractivity (Wildman–Crippen MR) is 47.4 cm³/mol. The number of hydrogen-bond donors (Lipinski definition) is 1. The van der Waals surface area contributed by atoms with E-state index < -0.39 is 0 Å². The summed E-state index contributed by atoms with van der Waals surface area (Å²) in [4.78, 5) is 10.7. The van der Waals surface area contributed by atoms with Crippen molar-refractivity contribution in [2.75, 3.05) is 0 Å². The third-order valence-corrected chi connectivity index (χ3v) is 2.01. The SMILES string of the molecule is CCC=C/C=C(\[CH]=[W])NC(C)=O. The summed E-state index contributed by atoms with van der Waals surface area (Å²) in [5, 5.41) is 2.72. The van der Waals surface area contributed by atoms with Gasteiger partial charge in [-0.25, -0.2) is 0 Å². The molecule has 3 heteroatoms. The molecule has 0 saturated heterocycles. The van der Waals surface area contributed by atoms with E-state index in [2.05, 4.69) is 12.2 Å². The average molecular weight is 335 g/mol. The van der Waals surface area contributed by atoms with Crippen LogP contribution in [0.3, 0.4) is 0 Å². The molecule has 0 atom stereocenters. The van der Waals surface area contributed by atoms with Gasteiger partial charge < -0.3 is 0 Å². The van der Waals surface area contributed by atoms with Crippen molar-refractivity contribution >= 4 is 10.3 Å². The maximum absolute atomic E-state index is 10.7. The Kier molecular flexibility index (Phi) is 6.88. The van der Waals surface area contributed by atoms with E-state index in [1.165, 1.54) is 26.3 Å². The van der Waals surface area contributed by atoms with Gasteiger partial charge in [-0.05, 0) is 0 Å². The first kappa shape index (κ1) is 11.5. The van der Waals surface area contributed by atoms with Crippen LogP contribution < -0.4 is 5.32 Å². The fourth-order valence-corrected chi connectivity index (χ4v) is 1.12. The zero-order valence-electron chi connectivity index (χ0n) is 7.33. The van der Waals surface area contributed by atoms with E-state index in [9.17, 15) is 4.79 Å². The third-order valence-electron chi connectivity index (χ3n) is 1.09. The molecule has 0 aromatic carbocycles. The number of amides is 1. The number of carbonyl (C=O) groups excluding carboxylic acids is 1. The molecule has 1 amide bonds. The monoisotopic (exact) mass is 335 g/mol. The van der Waals surface area contributed by atoms with E-state index >= 15 is 0 Å². The van der Waals surface area contributed by atoms with Crippen molar-refractivity contribution in [2.45, 2.75) is 20.3 Å². The molecule has 0 radical (unpaired) electrons. The fraction of sp³-hybridized carbons (Fsp3) is 0.333. The Morgan fingerprint density at radius 3 is 2.67 bits per heavy atom. The molecule has 0 spiro atoms. The van der Waals surface area contributed by atoms with E-state index in [-0.39, 0.29) is 5.91 Å². The van der Waals surface area contributed by atoms with E-state index in [4.69, 9.17) is 0 Å². The second-order valence-corrected chi connectivity index (χ2v) is 3.10. The molecule has 0 aliphatic rings. The van der Waals surface area contributed by atoms with Crippen LogP contribution in [0, 0.1) is 0 Å². The van der Waals surface area contributed by atoms with Crippen molar-refractivity contribution in [3.05, 3.63) is 23.9 Å². The molecule has 0 fully saturated rings. The molecule has 0 rings (SSSR count). The molecule has 2 nitrogen and oxygen atoms in total. The molecule has 0 bridgehead atoms. The van der Waals surface area contributed by atoms with E-state index in [1.54, 1.807) is 0 Å². The number of hydrogen-bond acceptors (Lipinski definition) is 1. The van der Waals surface area contributed by atoms with Crippen molar-refractivity contribution in [3.8, 4) is 0 Å². The quantitative estimate of drug-likeness (QED) is 0.772. The van der Waals surface area contributed by atoms with Crippen LogP contribution in [0.4, 0.5) is 0 Å². The Labute approximate surface area is 84.1 Å². The average Bonchev–Trinajstić information content (AvgIpc) is 2.02. The number of rotatable bonds is 4. The first-order valence-corrected chi connectivity index (χ1v) is 5.49. The molecule has 12 heavy (non-hydrogen) atoms. The van der Waals surface area contributed by atoms with Gasteiger partial charge in [0.2, 0.25) is 0 Å². The molecule has 0 saturated carbocycles. The van der Waals surface area contributed by atoms with Gasteiger partial charge in [0, 0.05) is 0 Å². The van der Waals surface area contributed by atoms with E-state index in [0.717, 1.165) is 12.1 Å². The van der Waals surface area contributed by atoms with Crippen LogP contribution in [0.25, 0.3) is 0 Å². The molecule has 66 valence electrons. The summed E-state index contributed by atoms with van der Waals surface area (Å²) < 4.78 is 1.95. The van der Waals surface area contributed by atoms with Gasteiger partial charge in [0.05, 0.1) is 0 Å². The minimum absolute atomic E-state index is 0.0244. The summed E-state index contributed by atoms with van der Waals surface area (Å²) in [6.45, 7) is 3.58. The van der Waals surface area contributed by atoms with Crippen molar-refractivity contribution in [1.82, 2.24) is 5.32 Å². The standard InChI is InChI=1S/C9H13NO.W/c1-4-5-6-7-8(2)10-9(3)11;/h2,5-7H,4H2,1,3H3,(H,10,11);/b6-5?,8-7+;. The van der Waals surface area contributed by atoms with Gasteiger partial charge in [0.25, 0.3) is 0 Å². The number of nitrogens with one attached hydrogen (secondary N) is 1. The predicted octanol–water partition coefficient (Wildman–Crippen LogP) is 1.32. The van der Waals surface area contributed by atoms with Crippen LogP contribution in [0.1, 0.15) is 20.3 Å². The second kappa shape index (κ2) is 7.17. The van der Waals surface area contributed by atoms with Crippen LogP contribution in [-0.2, 0) is 24.1 Å². The second-order valence-electron chi connectivity index (χ2n) is 2.26. The molecule has 0 aromatic heterocycles. The molecule has 0 unspecified atom stereocenters. The third kappa shape index (κ3) is 6.23. The molecular weight excluding hydrogens is 322 g/mol. The fourth-order valence-electron chi connectivity index (χ4n) is 0.621. The molecule has 0 heterocycles. The Bertz CT molecular complexity index is 219. The van der Waals surface area contributed by atoms with Crippen molar-refractivity contribution in [3.63, 3.8) is 0 Å². The van der Waals surface area contributed by atoms with Gasteiger partial charge in [-0.2, -0.15) is 0 Å². The zero-order valence-corrected chi connectivity index (χ0v) is 10.3. The van der Waals surface area contributed by atoms with Gasteiger partial charge in [0.1, 0.15) is 0 Å². The van der Waals surface area contributed by atoms with Crippen LogP contribution >= 0.6 is 0 Å². The van der Waals surface area contributed by atoms with Crippen LogP contribution in [0.15, 0.2) is 23.9 Å². The number of carbonyl (C=O) groups is 1. The molecule has 1 N–H and O–H groups in total. The van der Waals surface area contributed by atoms with E-state index in [1.807, 2.05) is 22.6 Å². The van der Waals surface area contributed by atoms with Gasteiger partial charge >= 0.3 is 84.0 Å². The molecule has 0 aliphatic carbocycles. The van der Waals surface area contributed by atoms with Gasteiger partial charge in [-0.3, -0.25) is 0 Å². The normalized spacial score (nSPS) is 11.7. The van der Waals surface area contributed by atoms with Crippen molar-refractivity contribution in [2.24, 2.45) is 0 Å². The molecule has 0 aliphatic heterocycles. The first-order chi connectivity index (χ1) is 5.70. The summed E-state index contributed by atoms with van der Waals surface area (Å²) in [5.74, 6) is -0.0244. The Morgan fingerprint density at radius 2 is 2.25 bits per heavy atom. The summed E-state index contributed by atoms with van der Waals surface area (Å²) in [5.41, 5.74) is 0.877. The Balaban J connectivity index is 4.13. The topological polar surface area (TPSA) is 29.1 Å². The minimum atomic E-state index is -0.0244. The summed E-state index contributed by atoms with van der Waals surface area (Å²) in [7, 11) is 0. The van der Waals surface area contributed by atoms with Crippen LogP contribution in [0.2, 0.25) is 0 Å². The van der Waals surface area contributed by atoms with Crippen LogP contribution in [0.5, 0.6) is 0 Å². The van der Waals surface area contributed by atoms with Gasteiger partial charge in [-0.15, -0.1) is 0 Å². The molecular formula is C9H13NOW. The first-order valence-electron chi connectivity index (χ1n) is 3.80. The van der Waals surface area contributed by atoms with Crippen LogP contribution in [-0.4, -0.2) is 10.3 Å². The van der Waals surface area contributed by atoms with Crippen molar-refractivity contribution < 1.29 is 24.1 Å². The Morgan fingerprint density at radius 1 is 1.58 bits per heavy atom. The maximum atomic E-state index is 10.7. The number of allylic oxidation sites excluding steroid dienone is 4. The molecule has 0 aromatic rings.